The Labute approximate surface area is 112 Å². The second-order valence-corrected chi connectivity index (χ2v) is 6.10. The van der Waals surface area contributed by atoms with Gasteiger partial charge in [0.25, 0.3) is 0 Å². The number of nitrogen functional groups attached to an aromatic ring is 1. The van der Waals surface area contributed by atoms with Crippen molar-refractivity contribution in [2.24, 2.45) is 0 Å². The number of hydrogen-bond acceptors (Lipinski definition) is 5. The maximum absolute atomic E-state index is 12.5. The number of aryl methyl sites for hydroxylation is 1. The highest BCUT2D eigenvalue weighted by Gasteiger charge is 2.18. The van der Waals surface area contributed by atoms with Gasteiger partial charge >= 0.3 is 0 Å². The minimum absolute atomic E-state index is 0.217. The number of nitrogens with zero attached hydrogens (tertiary/aromatic N) is 1. The molecule has 0 aliphatic carbocycles. The van der Waals surface area contributed by atoms with Gasteiger partial charge in [-0.25, -0.2) is 13.4 Å². The van der Waals surface area contributed by atoms with Gasteiger partial charge in [-0.1, -0.05) is 0 Å². The first kappa shape index (κ1) is 13.4. The van der Waals surface area contributed by atoms with E-state index < -0.39 is 9.84 Å². The summed E-state index contributed by atoms with van der Waals surface area (Å²) < 4.78 is 24.9. The zero-order valence-corrected chi connectivity index (χ0v) is 11.5. The van der Waals surface area contributed by atoms with Gasteiger partial charge in [-0.05, 0) is 43.3 Å². The van der Waals surface area contributed by atoms with Crippen LogP contribution in [0.4, 0.5) is 11.5 Å². The molecule has 0 amide bonds. The molecule has 19 heavy (non-hydrogen) atoms. The third kappa shape index (κ3) is 2.68. The summed E-state index contributed by atoms with van der Waals surface area (Å²) in [5.74, 6) is 0.522. The molecule has 100 valence electrons. The Bertz CT molecular complexity index is 694. The largest absolute Gasteiger partial charge is 0.399 e. The van der Waals surface area contributed by atoms with Crippen molar-refractivity contribution in [1.82, 2.24) is 4.98 Å². The fraction of sp³-hybridized carbons (Fsp3) is 0.154. The van der Waals surface area contributed by atoms with Crippen LogP contribution in [0.25, 0.3) is 0 Å². The van der Waals surface area contributed by atoms with Crippen molar-refractivity contribution in [2.75, 3.05) is 18.1 Å². The van der Waals surface area contributed by atoms with E-state index in [1.54, 1.807) is 32.2 Å². The first-order valence-corrected chi connectivity index (χ1v) is 7.19. The van der Waals surface area contributed by atoms with E-state index in [0.29, 0.717) is 17.2 Å². The highest BCUT2D eigenvalue weighted by atomic mass is 32.2. The summed E-state index contributed by atoms with van der Waals surface area (Å²) in [6, 6.07) is 9.20. The predicted octanol–water partition coefficient (Wildman–Crippen LogP) is 1.85. The Morgan fingerprint density at radius 3 is 2.32 bits per heavy atom. The van der Waals surface area contributed by atoms with E-state index in [1.165, 1.54) is 18.2 Å². The highest BCUT2D eigenvalue weighted by molar-refractivity contribution is 7.91. The number of anilines is 2. The quantitative estimate of drug-likeness (QED) is 0.836. The standard InChI is InChI=1S/C13H15N3O2S/c1-9-7-12(8-13(15-2)16-9)19(17,18)11-5-3-10(14)4-6-11/h3-8H,14H2,1-2H3,(H,15,16). The molecule has 1 aromatic heterocycles. The third-order valence-corrected chi connectivity index (χ3v) is 4.43. The molecular formula is C13H15N3O2S. The van der Waals surface area contributed by atoms with E-state index in [1.807, 2.05) is 0 Å². The Kier molecular flexibility index (Phi) is 3.44. The summed E-state index contributed by atoms with van der Waals surface area (Å²) in [6.07, 6.45) is 0. The number of benzene rings is 1. The normalized spacial score (nSPS) is 11.3. The van der Waals surface area contributed by atoms with E-state index in [0.717, 1.165) is 0 Å². The number of rotatable bonds is 3. The summed E-state index contributed by atoms with van der Waals surface area (Å²) in [6.45, 7) is 1.75. The summed E-state index contributed by atoms with van der Waals surface area (Å²) in [7, 11) is -1.85. The molecule has 0 bridgehead atoms. The van der Waals surface area contributed by atoms with E-state index in [-0.39, 0.29) is 9.79 Å². The monoisotopic (exact) mass is 277 g/mol. The fourth-order valence-electron chi connectivity index (χ4n) is 1.70. The number of hydrogen-bond donors (Lipinski definition) is 2. The van der Waals surface area contributed by atoms with E-state index in [9.17, 15) is 8.42 Å². The van der Waals surface area contributed by atoms with Crippen molar-refractivity contribution < 1.29 is 8.42 Å². The maximum atomic E-state index is 12.5. The van der Waals surface area contributed by atoms with Crippen LogP contribution in [0.3, 0.4) is 0 Å². The molecule has 0 radical (unpaired) electrons. The first-order chi connectivity index (χ1) is 8.93. The first-order valence-electron chi connectivity index (χ1n) is 5.70. The molecule has 5 nitrogen and oxygen atoms in total. The zero-order chi connectivity index (χ0) is 14.0. The van der Waals surface area contributed by atoms with Crippen LogP contribution in [0.2, 0.25) is 0 Å². The Hall–Kier alpha value is -2.08. The average molecular weight is 277 g/mol. The van der Waals surface area contributed by atoms with Gasteiger partial charge in [0.2, 0.25) is 9.84 Å². The zero-order valence-electron chi connectivity index (χ0n) is 10.7. The van der Waals surface area contributed by atoms with Gasteiger partial charge in [-0.2, -0.15) is 0 Å². The fourth-order valence-corrected chi connectivity index (χ4v) is 3.06. The second kappa shape index (κ2) is 4.89. The molecule has 1 heterocycles. The highest BCUT2D eigenvalue weighted by Crippen LogP contribution is 2.23. The summed E-state index contributed by atoms with van der Waals surface area (Å²) in [5, 5.41) is 2.85. The van der Waals surface area contributed by atoms with Gasteiger partial charge in [0.15, 0.2) is 0 Å². The molecule has 0 saturated carbocycles. The molecule has 0 aliphatic heterocycles. The van der Waals surface area contributed by atoms with Crippen molar-refractivity contribution in [3.63, 3.8) is 0 Å². The van der Waals surface area contributed by atoms with Crippen molar-refractivity contribution >= 4 is 21.3 Å². The lowest BCUT2D eigenvalue weighted by molar-refractivity contribution is 0.596. The Morgan fingerprint density at radius 2 is 1.74 bits per heavy atom. The van der Waals surface area contributed by atoms with Crippen molar-refractivity contribution in [3.8, 4) is 0 Å². The van der Waals surface area contributed by atoms with E-state index >= 15 is 0 Å². The van der Waals surface area contributed by atoms with Crippen LogP contribution in [0.1, 0.15) is 5.69 Å². The number of nitrogens with two attached hydrogens (primary N) is 1. The predicted molar refractivity (Wildman–Crippen MR) is 74.8 cm³/mol. The molecule has 0 atom stereocenters. The minimum Gasteiger partial charge on any atom is -0.399 e. The SMILES string of the molecule is CNc1cc(S(=O)(=O)c2ccc(N)cc2)cc(C)n1. The number of nitrogens with one attached hydrogen (secondary N) is 1. The molecule has 0 spiro atoms. The van der Waals surface area contributed by atoms with Gasteiger partial charge in [0, 0.05) is 18.4 Å². The van der Waals surface area contributed by atoms with E-state index in [4.69, 9.17) is 5.73 Å². The molecule has 0 saturated heterocycles. The Morgan fingerprint density at radius 1 is 1.11 bits per heavy atom. The molecule has 2 aromatic rings. The molecule has 1 aromatic carbocycles. The summed E-state index contributed by atoms with van der Waals surface area (Å²) in [5.41, 5.74) is 6.73. The molecule has 2 rings (SSSR count). The number of sulfone groups is 1. The smallest absolute Gasteiger partial charge is 0.206 e. The summed E-state index contributed by atoms with van der Waals surface area (Å²) in [4.78, 5) is 4.61. The van der Waals surface area contributed by atoms with Crippen LogP contribution < -0.4 is 11.1 Å². The number of pyridine rings is 1. The van der Waals surface area contributed by atoms with Crippen molar-refractivity contribution in [3.05, 3.63) is 42.1 Å². The molecule has 0 aliphatic rings. The average Bonchev–Trinajstić information content (AvgIpc) is 2.38. The third-order valence-electron chi connectivity index (χ3n) is 2.68. The maximum Gasteiger partial charge on any atom is 0.206 e. The van der Waals surface area contributed by atoms with Gasteiger partial charge < -0.3 is 11.1 Å². The van der Waals surface area contributed by atoms with Gasteiger partial charge in [0.05, 0.1) is 9.79 Å². The van der Waals surface area contributed by atoms with E-state index in [2.05, 4.69) is 10.3 Å². The molecule has 3 N–H and O–H groups in total. The van der Waals surface area contributed by atoms with Gasteiger partial charge in [-0.3, -0.25) is 0 Å². The summed E-state index contributed by atoms with van der Waals surface area (Å²) >= 11 is 0. The van der Waals surface area contributed by atoms with Crippen molar-refractivity contribution in [2.45, 2.75) is 16.7 Å². The number of aromatic nitrogens is 1. The molecule has 0 unspecified atom stereocenters. The van der Waals surface area contributed by atoms with Crippen molar-refractivity contribution in [1.29, 1.82) is 0 Å². The van der Waals surface area contributed by atoms with Crippen LogP contribution in [-0.2, 0) is 9.84 Å². The van der Waals surface area contributed by atoms with Crippen LogP contribution in [0.5, 0.6) is 0 Å². The molecule has 6 heteroatoms. The van der Waals surface area contributed by atoms with Gasteiger partial charge in [0.1, 0.15) is 5.82 Å². The van der Waals surface area contributed by atoms with Crippen LogP contribution in [0.15, 0.2) is 46.2 Å². The Balaban J connectivity index is 2.56. The topological polar surface area (TPSA) is 85.1 Å². The lowest BCUT2D eigenvalue weighted by Gasteiger charge is -2.08. The van der Waals surface area contributed by atoms with Crippen LogP contribution in [-0.4, -0.2) is 20.4 Å². The van der Waals surface area contributed by atoms with Crippen LogP contribution >= 0.6 is 0 Å². The lowest BCUT2D eigenvalue weighted by Crippen LogP contribution is -2.05. The lowest BCUT2D eigenvalue weighted by atomic mass is 10.3. The second-order valence-electron chi connectivity index (χ2n) is 4.15. The van der Waals surface area contributed by atoms with Crippen LogP contribution in [0, 0.1) is 6.92 Å². The minimum atomic E-state index is -3.55. The van der Waals surface area contributed by atoms with Gasteiger partial charge in [-0.15, -0.1) is 0 Å². The molecule has 0 fully saturated rings. The molecular weight excluding hydrogens is 262 g/mol.